The summed E-state index contributed by atoms with van der Waals surface area (Å²) in [5.74, 6) is 0.164. The quantitative estimate of drug-likeness (QED) is 0.770. The van der Waals surface area contributed by atoms with Crippen molar-refractivity contribution in [2.24, 2.45) is 0 Å². The molecule has 0 saturated heterocycles. The van der Waals surface area contributed by atoms with Crippen LogP contribution in [0.4, 0.5) is 0 Å². The van der Waals surface area contributed by atoms with Gasteiger partial charge in [0.15, 0.2) is 5.78 Å². The van der Waals surface area contributed by atoms with Gasteiger partial charge in [-0.2, -0.15) is 16.4 Å². The summed E-state index contributed by atoms with van der Waals surface area (Å²) >= 11 is 5.15. The summed E-state index contributed by atoms with van der Waals surface area (Å²) < 4.78 is 2.90. The van der Waals surface area contributed by atoms with Crippen LogP contribution >= 0.6 is 27.3 Å². The number of aromatic nitrogens is 2. The van der Waals surface area contributed by atoms with Gasteiger partial charge < -0.3 is 0 Å². The number of hydrogen-bond donors (Lipinski definition) is 0. The van der Waals surface area contributed by atoms with Crippen LogP contribution in [-0.4, -0.2) is 15.6 Å². The molecule has 0 radical (unpaired) electrons. The van der Waals surface area contributed by atoms with Crippen LogP contribution in [0.15, 0.2) is 15.2 Å². The van der Waals surface area contributed by atoms with Crippen LogP contribution in [0.25, 0.3) is 0 Å². The highest BCUT2D eigenvalue weighted by atomic mass is 79.9. The van der Waals surface area contributed by atoms with Crippen molar-refractivity contribution in [3.05, 3.63) is 37.7 Å². The standard InChI is InChI=1S/C14H17BrN2OS/c1-4-11-14(15)12(17(5-2)16-11)6-13(18)10-8-19-7-9(10)3/h7-8H,4-6H2,1-3H3. The van der Waals surface area contributed by atoms with E-state index >= 15 is 0 Å². The van der Waals surface area contributed by atoms with E-state index < -0.39 is 0 Å². The SMILES string of the molecule is CCc1nn(CC)c(CC(=O)c2cscc2C)c1Br. The van der Waals surface area contributed by atoms with Crippen molar-refractivity contribution < 1.29 is 4.79 Å². The number of rotatable bonds is 5. The maximum Gasteiger partial charge on any atom is 0.169 e. The second-order valence-electron chi connectivity index (χ2n) is 4.45. The predicted octanol–water partition coefficient (Wildman–Crippen LogP) is 4.02. The molecule has 2 aromatic heterocycles. The zero-order valence-electron chi connectivity index (χ0n) is 11.4. The van der Waals surface area contributed by atoms with Gasteiger partial charge in [-0.3, -0.25) is 9.48 Å². The molecule has 0 atom stereocenters. The lowest BCUT2D eigenvalue weighted by Crippen LogP contribution is -2.10. The van der Waals surface area contributed by atoms with E-state index in [4.69, 9.17) is 0 Å². The first-order chi connectivity index (χ1) is 9.08. The number of aryl methyl sites for hydroxylation is 3. The molecule has 0 N–H and O–H groups in total. The summed E-state index contributed by atoms with van der Waals surface area (Å²) in [6, 6.07) is 0. The van der Waals surface area contributed by atoms with E-state index in [2.05, 4.69) is 28.0 Å². The second kappa shape index (κ2) is 6.01. The lowest BCUT2D eigenvalue weighted by atomic mass is 10.1. The fourth-order valence-corrected chi connectivity index (χ4v) is 3.64. The summed E-state index contributed by atoms with van der Waals surface area (Å²) in [7, 11) is 0. The van der Waals surface area contributed by atoms with E-state index in [9.17, 15) is 4.79 Å². The first-order valence-corrected chi connectivity index (χ1v) is 8.12. The van der Waals surface area contributed by atoms with E-state index in [1.165, 1.54) is 0 Å². The van der Waals surface area contributed by atoms with Crippen LogP contribution < -0.4 is 0 Å². The minimum atomic E-state index is 0.164. The molecule has 0 aromatic carbocycles. The largest absolute Gasteiger partial charge is 0.294 e. The molecule has 19 heavy (non-hydrogen) atoms. The number of carbonyl (C=O) groups is 1. The average Bonchev–Trinajstić information content (AvgIpc) is 2.95. The molecule has 2 rings (SSSR count). The number of hydrogen-bond acceptors (Lipinski definition) is 3. The molecule has 3 nitrogen and oxygen atoms in total. The summed E-state index contributed by atoms with van der Waals surface area (Å²) in [5, 5.41) is 8.46. The number of thiophene rings is 1. The number of Topliss-reactive ketones (excluding diaryl/α,β-unsaturated/α-hetero) is 1. The molecule has 102 valence electrons. The highest BCUT2D eigenvalue weighted by molar-refractivity contribution is 9.10. The van der Waals surface area contributed by atoms with Gasteiger partial charge in [-0.1, -0.05) is 6.92 Å². The van der Waals surface area contributed by atoms with Crippen molar-refractivity contribution in [2.75, 3.05) is 0 Å². The molecular weight excluding hydrogens is 324 g/mol. The second-order valence-corrected chi connectivity index (χ2v) is 5.98. The normalized spacial score (nSPS) is 10.9. The Morgan fingerprint density at radius 3 is 2.68 bits per heavy atom. The zero-order chi connectivity index (χ0) is 14.0. The first kappa shape index (κ1) is 14.5. The number of carbonyl (C=O) groups excluding carboxylic acids is 1. The minimum Gasteiger partial charge on any atom is -0.294 e. The molecule has 0 unspecified atom stereocenters. The van der Waals surface area contributed by atoms with Gasteiger partial charge in [-0.05, 0) is 47.1 Å². The fourth-order valence-electron chi connectivity index (χ4n) is 2.08. The van der Waals surface area contributed by atoms with Crippen LogP contribution in [0, 0.1) is 6.92 Å². The van der Waals surface area contributed by atoms with Gasteiger partial charge in [0.2, 0.25) is 0 Å². The van der Waals surface area contributed by atoms with Crippen LogP contribution in [-0.2, 0) is 19.4 Å². The van der Waals surface area contributed by atoms with Crippen molar-refractivity contribution in [1.82, 2.24) is 9.78 Å². The Bertz CT molecular complexity index is 601. The van der Waals surface area contributed by atoms with Crippen molar-refractivity contribution in [1.29, 1.82) is 0 Å². The number of ketones is 1. The first-order valence-electron chi connectivity index (χ1n) is 6.38. The molecule has 0 spiro atoms. The molecule has 0 aliphatic rings. The average molecular weight is 341 g/mol. The lowest BCUT2D eigenvalue weighted by Gasteiger charge is -2.05. The lowest BCUT2D eigenvalue weighted by molar-refractivity contribution is 0.0990. The highest BCUT2D eigenvalue weighted by Crippen LogP contribution is 2.25. The summed E-state index contributed by atoms with van der Waals surface area (Å²) in [5.41, 5.74) is 3.89. The topological polar surface area (TPSA) is 34.9 Å². The summed E-state index contributed by atoms with van der Waals surface area (Å²) in [6.45, 7) is 6.88. The van der Waals surface area contributed by atoms with Gasteiger partial charge in [-0.25, -0.2) is 0 Å². The molecular formula is C14H17BrN2OS. The van der Waals surface area contributed by atoms with Crippen LogP contribution in [0.3, 0.4) is 0 Å². The van der Waals surface area contributed by atoms with Gasteiger partial charge in [0.25, 0.3) is 0 Å². The number of nitrogens with zero attached hydrogens (tertiary/aromatic N) is 2. The maximum absolute atomic E-state index is 12.4. The van der Waals surface area contributed by atoms with Crippen LogP contribution in [0.5, 0.6) is 0 Å². The van der Waals surface area contributed by atoms with E-state index in [1.807, 2.05) is 29.3 Å². The van der Waals surface area contributed by atoms with E-state index in [0.717, 1.165) is 40.0 Å². The van der Waals surface area contributed by atoms with Gasteiger partial charge in [0, 0.05) is 17.5 Å². The van der Waals surface area contributed by atoms with E-state index in [0.29, 0.717) is 6.42 Å². The molecule has 2 heterocycles. The van der Waals surface area contributed by atoms with Crippen molar-refractivity contribution in [2.45, 2.75) is 40.2 Å². The van der Waals surface area contributed by atoms with Gasteiger partial charge >= 0.3 is 0 Å². The third-order valence-corrected chi connectivity index (χ3v) is 4.95. The highest BCUT2D eigenvalue weighted by Gasteiger charge is 2.19. The number of halogens is 1. The third kappa shape index (κ3) is 2.82. The molecule has 0 aliphatic heterocycles. The van der Waals surface area contributed by atoms with Gasteiger partial charge in [0.05, 0.1) is 22.3 Å². The molecule has 0 amide bonds. The van der Waals surface area contributed by atoms with Crippen molar-refractivity contribution >= 4 is 33.0 Å². The molecule has 0 fully saturated rings. The van der Waals surface area contributed by atoms with Crippen molar-refractivity contribution in [3.63, 3.8) is 0 Å². The van der Waals surface area contributed by atoms with Gasteiger partial charge in [-0.15, -0.1) is 0 Å². The monoisotopic (exact) mass is 340 g/mol. The third-order valence-electron chi connectivity index (χ3n) is 3.18. The Morgan fingerprint density at radius 2 is 2.16 bits per heavy atom. The van der Waals surface area contributed by atoms with E-state index in [1.54, 1.807) is 11.3 Å². The molecule has 2 aromatic rings. The van der Waals surface area contributed by atoms with Crippen LogP contribution in [0.2, 0.25) is 0 Å². The Kier molecular flexibility index (Phi) is 4.58. The van der Waals surface area contributed by atoms with Crippen molar-refractivity contribution in [3.8, 4) is 0 Å². The van der Waals surface area contributed by atoms with Crippen LogP contribution in [0.1, 0.15) is 41.2 Å². The Labute approximate surface area is 125 Å². The Hall–Kier alpha value is -0.940. The van der Waals surface area contributed by atoms with Gasteiger partial charge in [0.1, 0.15) is 0 Å². The smallest absolute Gasteiger partial charge is 0.169 e. The fraction of sp³-hybridized carbons (Fsp3) is 0.429. The molecule has 0 aliphatic carbocycles. The predicted molar refractivity (Wildman–Crippen MR) is 82.1 cm³/mol. The summed E-state index contributed by atoms with van der Waals surface area (Å²) in [6.07, 6.45) is 1.27. The molecule has 0 bridgehead atoms. The summed E-state index contributed by atoms with van der Waals surface area (Å²) in [4.78, 5) is 12.4. The zero-order valence-corrected chi connectivity index (χ0v) is 13.8. The maximum atomic E-state index is 12.4. The molecule has 5 heteroatoms. The molecule has 0 saturated carbocycles. The van der Waals surface area contributed by atoms with E-state index in [-0.39, 0.29) is 5.78 Å². The Morgan fingerprint density at radius 1 is 1.42 bits per heavy atom. The minimum absolute atomic E-state index is 0.164. The Balaban J connectivity index is 2.31.